The summed E-state index contributed by atoms with van der Waals surface area (Å²) in [7, 11) is 0. The summed E-state index contributed by atoms with van der Waals surface area (Å²) in [6, 6.07) is 1.44. The van der Waals surface area contributed by atoms with Gasteiger partial charge in [-0.25, -0.2) is 19.4 Å². The van der Waals surface area contributed by atoms with Crippen LogP contribution in [0.3, 0.4) is 0 Å². The van der Waals surface area contributed by atoms with Gasteiger partial charge in [0, 0.05) is 12.6 Å². The molecular formula is C16H17N3O10. The first-order valence-corrected chi connectivity index (χ1v) is 7.74. The van der Waals surface area contributed by atoms with Crippen LogP contribution >= 0.6 is 0 Å². The number of ether oxygens (including phenoxy) is 1. The summed E-state index contributed by atoms with van der Waals surface area (Å²) in [5.41, 5.74) is 4.98. The lowest BCUT2D eigenvalue weighted by atomic mass is 10.1. The first-order chi connectivity index (χ1) is 13.5. The number of aryl methyl sites for hydroxylation is 1. The molecule has 0 bridgehead atoms. The first kappa shape index (κ1) is 23.0. The summed E-state index contributed by atoms with van der Waals surface area (Å²) in [5, 5.41) is 37.6. The van der Waals surface area contributed by atoms with Crippen molar-refractivity contribution in [2.75, 3.05) is 6.61 Å². The maximum Gasteiger partial charge on any atom is 0.355 e. The van der Waals surface area contributed by atoms with Gasteiger partial charge in [-0.15, -0.1) is 0 Å². The van der Waals surface area contributed by atoms with Crippen molar-refractivity contribution in [3.8, 4) is 5.88 Å². The molecule has 0 amide bonds. The molecule has 0 saturated heterocycles. The predicted molar refractivity (Wildman–Crippen MR) is 91.8 cm³/mol. The van der Waals surface area contributed by atoms with Crippen LogP contribution in [0.4, 0.5) is 0 Å². The van der Waals surface area contributed by atoms with Crippen molar-refractivity contribution in [3.05, 3.63) is 40.9 Å². The molecule has 2 heterocycles. The molecule has 1 atom stereocenters. The number of carbonyl (C=O) groups is 4. The van der Waals surface area contributed by atoms with Gasteiger partial charge in [0.05, 0.1) is 11.1 Å². The summed E-state index contributed by atoms with van der Waals surface area (Å²) in [4.78, 5) is 45.2. The number of nitrogens with two attached hydrogens (primary N) is 1. The molecule has 0 aliphatic carbocycles. The summed E-state index contributed by atoms with van der Waals surface area (Å²) in [5.74, 6) is -4.66. The van der Waals surface area contributed by atoms with Crippen molar-refractivity contribution in [2.45, 2.75) is 19.4 Å². The molecule has 2 aromatic heterocycles. The quantitative estimate of drug-likeness (QED) is 0.382. The smallest absolute Gasteiger partial charge is 0.355 e. The van der Waals surface area contributed by atoms with Crippen LogP contribution < -0.4 is 10.5 Å². The van der Waals surface area contributed by atoms with Gasteiger partial charge in [-0.2, -0.15) is 0 Å². The number of aromatic nitrogens is 2. The van der Waals surface area contributed by atoms with E-state index in [1.54, 1.807) is 6.92 Å². The van der Waals surface area contributed by atoms with E-state index in [4.69, 9.17) is 35.4 Å². The van der Waals surface area contributed by atoms with Gasteiger partial charge in [0.15, 0.2) is 12.3 Å². The van der Waals surface area contributed by atoms with Crippen LogP contribution in [0, 0.1) is 6.92 Å². The molecule has 0 fully saturated rings. The molecule has 2 rings (SSSR count). The highest BCUT2D eigenvalue weighted by Gasteiger charge is 2.21. The first-order valence-electron chi connectivity index (χ1n) is 7.74. The van der Waals surface area contributed by atoms with Crippen LogP contribution in [-0.4, -0.2) is 67.1 Å². The standard InChI is InChI=1S/C9H12N2O6.C7H5NO4/c1-4-5(2-6(10)9(14)15)8(11-17-4)16-3-7(12)13;9-6(10)4-2-1-3-8-5(4)7(11)12/h6H,2-3,10H2,1H3,(H,12,13)(H,14,15);1-3H,(H,9,10)(H,11,12). The molecule has 2 aromatic rings. The van der Waals surface area contributed by atoms with Gasteiger partial charge < -0.3 is 35.4 Å². The number of aliphatic carboxylic acids is 2. The zero-order chi connectivity index (χ0) is 22.1. The second-order valence-corrected chi connectivity index (χ2v) is 5.36. The number of hydrogen-bond acceptors (Lipinski definition) is 9. The van der Waals surface area contributed by atoms with Gasteiger partial charge in [-0.05, 0) is 24.2 Å². The highest BCUT2D eigenvalue weighted by atomic mass is 16.5. The fraction of sp³-hybridized carbons (Fsp3) is 0.250. The molecule has 0 aliphatic rings. The number of pyridine rings is 1. The molecule has 0 aromatic carbocycles. The molecule has 13 nitrogen and oxygen atoms in total. The molecule has 0 radical (unpaired) electrons. The minimum Gasteiger partial charge on any atom is -0.480 e. The third kappa shape index (κ3) is 6.91. The topological polar surface area (TPSA) is 223 Å². The third-order valence-electron chi connectivity index (χ3n) is 3.26. The maximum absolute atomic E-state index is 10.6. The molecular weight excluding hydrogens is 394 g/mol. The van der Waals surface area contributed by atoms with E-state index in [1.807, 2.05) is 0 Å². The molecule has 1 unspecified atom stereocenters. The van der Waals surface area contributed by atoms with Crippen LogP contribution in [0.15, 0.2) is 22.9 Å². The fourth-order valence-electron chi connectivity index (χ4n) is 1.90. The normalized spacial score (nSPS) is 11.0. The van der Waals surface area contributed by atoms with E-state index in [1.165, 1.54) is 18.3 Å². The summed E-state index contributed by atoms with van der Waals surface area (Å²) in [6.07, 6.45) is 1.19. The Hall–Kier alpha value is -4.00. The average Bonchev–Trinajstić information content (AvgIpc) is 3.00. The van der Waals surface area contributed by atoms with E-state index >= 15 is 0 Å². The number of rotatable bonds is 8. The fourth-order valence-corrected chi connectivity index (χ4v) is 1.90. The number of carboxylic acids is 4. The molecule has 13 heteroatoms. The van der Waals surface area contributed by atoms with Gasteiger partial charge in [0.2, 0.25) is 0 Å². The third-order valence-corrected chi connectivity index (χ3v) is 3.26. The lowest BCUT2D eigenvalue weighted by Crippen LogP contribution is -2.32. The monoisotopic (exact) mass is 411 g/mol. The Bertz CT molecular complexity index is 875. The summed E-state index contributed by atoms with van der Waals surface area (Å²) < 4.78 is 9.64. The Labute approximate surface area is 162 Å². The molecule has 29 heavy (non-hydrogen) atoms. The molecule has 6 N–H and O–H groups in total. The lowest BCUT2D eigenvalue weighted by molar-refractivity contribution is -0.140. The number of hydrogen-bond donors (Lipinski definition) is 5. The number of nitrogens with zero attached hydrogens (tertiary/aromatic N) is 2. The average molecular weight is 411 g/mol. The van der Waals surface area contributed by atoms with Crippen molar-refractivity contribution in [2.24, 2.45) is 5.73 Å². The highest BCUT2D eigenvalue weighted by molar-refractivity contribution is 6.00. The van der Waals surface area contributed by atoms with Crippen LogP contribution in [0.25, 0.3) is 0 Å². The Morgan fingerprint density at radius 1 is 1.17 bits per heavy atom. The zero-order valence-electron chi connectivity index (χ0n) is 14.9. The second-order valence-electron chi connectivity index (χ2n) is 5.36. The van der Waals surface area contributed by atoms with E-state index < -0.39 is 42.2 Å². The Morgan fingerprint density at radius 2 is 1.83 bits per heavy atom. The van der Waals surface area contributed by atoms with Gasteiger partial charge in [0.25, 0.3) is 5.88 Å². The highest BCUT2D eigenvalue weighted by Crippen LogP contribution is 2.22. The second kappa shape index (κ2) is 10.4. The van der Waals surface area contributed by atoms with E-state index in [2.05, 4.69) is 10.1 Å². The molecule has 0 aliphatic heterocycles. The van der Waals surface area contributed by atoms with E-state index in [0.29, 0.717) is 11.3 Å². The van der Waals surface area contributed by atoms with E-state index in [9.17, 15) is 19.2 Å². The summed E-state index contributed by atoms with van der Waals surface area (Å²) >= 11 is 0. The van der Waals surface area contributed by atoms with Crippen molar-refractivity contribution in [1.29, 1.82) is 0 Å². The van der Waals surface area contributed by atoms with Crippen molar-refractivity contribution in [1.82, 2.24) is 10.1 Å². The Morgan fingerprint density at radius 3 is 2.31 bits per heavy atom. The van der Waals surface area contributed by atoms with Crippen molar-refractivity contribution >= 4 is 23.9 Å². The van der Waals surface area contributed by atoms with Gasteiger partial charge in [0.1, 0.15) is 11.8 Å². The van der Waals surface area contributed by atoms with Crippen LogP contribution in [0.5, 0.6) is 5.88 Å². The Kier molecular flexibility index (Phi) is 8.23. The minimum absolute atomic E-state index is 0.0402. The van der Waals surface area contributed by atoms with Gasteiger partial charge >= 0.3 is 23.9 Å². The maximum atomic E-state index is 10.6. The number of aromatic carboxylic acids is 2. The predicted octanol–water partition coefficient (Wildman–Crippen LogP) is -0.121. The minimum atomic E-state index is -1.34. The van der Waals surface area contributed by atoms with Crippen molar-refractivity contribution < 1.29 is 48.9 Å². The van der Waals surface area contributed by atoms with Gasteiger partial charge in [-0.3, -0.25) is 4.79 Å². The van der Waals surface area contributed by atoms with Crippen LogP contribution in [0.2, 0.25) is 0 Å². The van der Waals surface area contributed by atoms with Gasteiger partial charge in [-0.1, -0.05) is 0 Å². The molecule has 156 valence electrons. The van der Waals surface area contributed by atoms with E-state index in [0.717, 1.165) is 0 Å². The molecule has 0 spiro atoms. The number of carboxylic acid groups (broad SMARTS) is 4. The van der Waals surface area contributed by atoms with E-state index in [-0.39, 0.29) is 17.9 Å². The SMILES string of the molecule is Cc1onc(OCC(=O)O)c1CC(N)C(=O)O.O=C(O)c1cccnc1C(=O)O. The zero-order valence-corrected chi connectivity index (χ0v) is 14.9. The molecule has 0 saturated carbocycles. The van der Waals surface area contributed by atoms with Crippen molar-refractivity contribution in [3.63, 3.8) is 0 Å². The summed E-state index contributed by atoms with van der Waals surface area (Å²) in [6.45, 7) is 0.978. The van der Waals surface area contributed by atoms with Crippen LogP contribution in [0.1, 0.15) is 32.2 Å². The van der Waals surface area contributed by atoms with Crippen LogP contribution in [-0.2, 0) is 16.0 Å². The lowest BCUT2D eigenvalue weighted by Gasteiger charge is -2.06. The Balaban J connectivity index is 0.000000308. The largest absolute Gasteiger partial charge is 0.480 e.